The first-order valence-electron chi connectivity index (χ1n) is 5.01. The van der Waals surface area contributed by atoms with Gasteiger partial charge in [-0.25, -0.2) is 0 Å². The van der Waals surface area contributed by atoms with Crippen LogP contribution in [0, 0.1) is 0 Å². The van der Waals surface area contributed by atoms with E-state index in [9.17, 15) is 18.3 Å². The van der Waals surface area contributed by atoms with Gasteiger partial charge in [0, 0.05) is 6.42 Å². The number of aliphatic carboxylic acids is 1. The van der Waals surface area contributed by atoms with Crippen molar-refractivity contribution in [2.45, 2.75) is 25.3 Å². The summed E-state index contributed by atoms with van der Waals surface area (Å²) in [6, 6.07) is -0.665. The highest BCUT2D eigenvalue weighted by Gasteiger charge is 2.24. The first-order chi connectivity index (χ1) is 7.04. The van der Waals surface area contributed by atoms with Gasteiger partial charge >= 0.3 is 0 Å². The van der Waals surface area contributed by atoms with E-state index in [2.05, 4.69) is 0 Å². The van der Waals surface area contributed by atoms with Crippen molar-refractivity contribution in [2.75, 3.05) is 26.9 Å². The van der Waals surface area contributed by atoms with E-state index in [1.54, 1.807) is 21.1 Å². The molecule has 16 heavy (non-hydrogen) atoms. The number of quaternary nitrogens is 1. The average molecular weight is 253 g/mol. The second-order valence-electron chi connectivity index (χ2n) is 4.73. The number of carbonyl (C=O) groups excluding carboxylic acids is 1. The molecule has 0 rings (SSSR count). The summed E-state index contributed by atoms with van der Waals surface area (Å²) in [4.78, 5) is 10.8. The van der Waals surface area contributed by atoms with Gasteiger partial charge in [-0.05, 0) is 12.8 Å². The molecule has 0 radical (unpaired) electrons. The van der Waals surface area contributed by atoms with E-state index in [4.69, 9.17) is 4.55 Å². The molecule has 7 heteroatoms. The molecule has 1 atom stereocenters. The van der Waals surface area contributed by atoms with Crippen LogP contribution in [0.25, 0.3) is 0 Å². The van der Waals surface area contributed by atoms with Crippen LogP contribution in [0.5, 0.6) is 0 Å². The molecule has 0 heterocycles. The molecule has 0 aromatic rings. The maximum Gasteiger partial charge on any atom is 0.264 e. The van der Waals surface area contributed by atoms with Crippen LogP contribution in [-0.2, 0) is 14.9 Å². The zero-order valence-corrected chi connectivity index (χ0v) is 10.7. The van der Waals surface area contributed by atoms with Crippen molar-refractivity contribution in [2.24, 2.45) is 0 Å². The average Bonchev–Trinajstić information content (AvgIpc) is 1.97. The van der Waals surface area contributed by atoms with Crippen LogP contribution < -0.4 is 5.11 Å². The highest BCUT2D eigenvalue weighted by molar-refractivity contribution is 7.85. The van der Waals surface area contributed by atoms with E-state index in [1.165, 1.54) is 0 Å². The molecule has 0 aliphatic heterocycles. The van der Waals surface area contributed by atoms with Crippen LogP contribution >= 0.6 is 0 Å². The minimum absolute atomic E-state index is 0.230. The van der Waals surface area contributed by atoms with Gasteiger partial charge in [-0.15, -0.1) is 0 Å². The number of carboxylic acid groups (broad SMARTS) is 1. The fourth-order valence-electron chi connectivity index (χ4n) is 1.44. The van der Waals surface area contributed by atoms with Crippen LogP contribution in [-0.4, -0.2) is 56.4 Å². The number of unbranched alkanes of at least 4 members (excludes halogenated alkanes) is 1. The number of rotatable bonds is 7. The zero-order valence-electron chi connectivity index (χ0n) is 9.84. The molecule has 6 nitrogen and oxygen atoms in total. The molecule has 0 aliphatic rings. The Morgan fingerprint density at radius 3 is 2.12 bits per heavy atom. The van der Waals surface area contributed by atoms with Crippen LogP contribution in [0.1, 0.15) is 19.3 Å². The molecule has 1 N–H and O–H groups in total. The van der Waals surface area contributed by atoms with Crippen LogP contribution in [0.15, 0.2) is 0 Å². The van der Waals surface area contributed by atoms with Gasteiger partial charge in [0.1, 0.15) is 6.04 Å². The van der Waals surface area contributed by atoms with Crippen molar-refractivity contribution in [3.8, 4) is 0 Å². The van der Waals surface area contributed by atoms with Crippen molar-refractivity contribution in [3.05, 3.63) is 0 Å². The predicted molar refractivity (Wildman–Crippen MR) is 57.1 cm³/mol. The summed E-state index contributed by atoms with van der Waals surface area (Å²) in [7, 11) is 1.27. The molecule has 1 unspecified atom stereocenters. The van der Waals surface area contributed by atoms with Gasteiger partial charge in [0.25, 0.3) is 10.1 Å². The Labute approximate surface area is 96.2 Å². The van der Waals surface area contributed by atoms with Gasteiger partial charge in [0.2, 0.25) is 0 Å². The first-order valence-corrected chi connectivity index (χ1v) is 6.62. The fourth-order valence-corrected chi connectivity index (χ4v) is 2.01. The maximum atomic E-state index is 10.8. The first kappa shape index (κ1) is 15.3. The number of hydrogen-bond acceptors (Lipinski definition) is 4. The molecule has 0 aliphatic carbocycles. The second-order valence-corrected chi connectivity index (χ2v) is 6.30. The summed E-state index contributed by atoms with van der Waals surface area (Å²) in [6.07, 6.45) is 1.01. The second kappa shape index (κ2) is 5.60. The molecule has 0 aromatic heterocycles. The number of carbonyl (C=O) groups is 1. The fraction of sp³-hybridized carbons (Fsp3) is 0.889. The molecule has 0 bridgehead atoms. The standard InChI is InChI=1S/C9H19NO5S/c1-10(2,3)8(9(11)12)6-4-5-7-16(13,14)15/h8H,4-7H2,1-3H3,(H-,11,12,13,14,15). The molecule has 0 fully saturated rings. The zero-order chi connectivity index (χ0) is 13.0. The lowest BCUT2D eigenvalue weighted by Crippen LogP contribution is -2.54. The molecule has 0 aromatic carbocycles. The monoisotopic (exact) mass is 253 g/mol. The van der Waals surface area contributed by atoms with E-state index in [-0.39, 0.29) is 16.7 Å². The maximum absolute atomic E-state index is 10.8. The Morgan fingerprint density at radius 1 is 1.31 bits per heavy atom. The highest BCUT2D eigenvalue weighted by Crippen LogP contribution is 2.11. The summed E-state index contributed by atoms with van der Waals surface area (Å²) in [5.74, 6) is -1.47. The van der Waals surface area contributed by atoms with Crippen LogP contribution in [0.3, 0.4) is 0 Å². The van der Waals surface area contributed by atoms with Gasteiger partial charge in [0.15, 0.2) is 0 Å². The molecule has 0 amide bonds. The SMILES string of the molecule is C[N+](C)(C)C(CCCCS(=O)(=O)O)C(=O)[O-]. The lowest BCUT2D eigenvalue weighted by atomic mass is 10.1. The molecular formula is C9H19NO5S. The van der Waals surface area contributed by atoms with Crippen LogP contribution in [0.4, 0.5) is 0 Å². The number of carboxylic acids is 1. The molecule has 0 saturated heterocycles. The summed E-state index contributed by atoms with van der Waals surface area (Å²) >= 11 is 0. The number of nitrogens with zero attached hydrogens (tertiary/aromatic N) is 1. The number of hydrogen-bond donors (Lipinski definition) is 1. The number of likely N-dealkylation sites (N-methyl/N-ethyl adjacent to an activating group) is 1. The lowest BCUT2D eigenvalue weighted by molar-refractivity contribution is -0.889. The third kappa shape index (κ3) is 6.76. The van der Waals surface area contributed by atoms with E-state index >= 15 is 0 Å². The van der Waals surface area contributed by atoms with Crippen molar-refractivity contribution in [1.29, 1.82) is 0 Å². The molecule has 0 spiro atoms. The Morgan fingerprint density at radius 2 is 1.81 bits per heavy atom. The summed E-state index contributed by atoms with van der Waals surface area (Å²) in [5, 5.41) is 10.8. The Hall–Kier alpha value is -0.660. The quantitative estimate of drug-likeness (QED) is 0.352. The van der Waals surface area contributed by atoms with Gasteiger partial charge in [-0.3, -0.25) is 4.55 Å². The van der Waals surface area contributed by atoms with Gasteiger partial charge in [0.05, 0.1) is 32.9 Å². The van der Waals surface area contributed by atoms with Crippen molar-refractivity contribution < 1.29 is 27.4 Å². The molecule has 96 valence electrons. The smallest absolute Gasteiger partial charge is 0.264 e. The third-order valence-electron chi connectivity index (χ3n) is 2.34. The highest BCUT2D eigenvalue weighted by atomic mass is 32.2. The van der Waals surface area contributed by atoms with E-state index in [1.807, 2.05) is 0 Å². The topological polar surface area (TPSA) is 94.5 Å². The summed E-state index contributed by atoms with van der Waals surface area (Å²) < 4.78 is 29.6. The Balaban J connectivity index is 4.12. The Kier molecular flexibility index (Phi) is 5.37. The van der Waals surface area contributed by atoms with E-state index in [0.717, 1.165) is 0 Å². The normalized spacial score (nSPS) is 14.8. The van der Waals surface area contributed by atoms with Gasteiger partial charge < -0.3 is 14.4 Å². The van der Waals surface area contributed by atoms with Crippen LogP contribution in [0.2, 0.25) is 0 Å². The molecule has 0 saturated carbocycles. The minimum atomic E-state index is -3.95. The largest absolute Gasteiger partial charge is 0.544 e. The van der Waals surface area contributed by atoms with E-state index in [0.29, 0.717) is 12.8 Å². The summed E-state index contributed by atoms with van der Waals surface area (Å²) in [5.41, 5.74) is 0. The van der Waals surface area contributed by atoms with Crippen molar-refractivity contribution >= 4 is 16.1 Å². The predicted octanol–water partition coefficient (Wildman–Crippen LogP) is -1.13. The Bertz CT molecular complexity index is 330. The molecular weight excluding hydrogens is 234 g/mol. The van der Waals surface area contributed by atoms with E-state index < -0.39 is 22.1 Å². The third-order valence-corrected chi connectivity index (χ3v) is 3.14. The van der Waals surface area contributed by atoms with Gasteiger partial charge in [-0.1, -0.05) is 0 Å². The lowest BCUT2D eigenvalue weighted by Gasteiger charge is -2.34. The van der Waals surface area contributed by atoms with Crippen molar-refractivity contribution in [1.82, 2.24) is 0 Å². The minimum Gasteiger partial charge on any atom is -0.544 e. The van der Waals surface area contributed by atoms with Crippen molar-refractivity contribution in [3.63, 3.8) is 0 Å². The van der Waals surface area contributed by atoms with Gasteiger partial charge in [-0.2, -0.15) is 8.42 Å². The summed E-state index contributed by atoms with van der Waals surface area (Å²) in [6.45, 7) is 0.